The number of carbonyl (C=O) groups is 1. The van der Waals surface area contributed by atoms with Gasteiger partial charge in [0.1, 0.15) is 5.76 Å². The molecule has 1 N–H and O–H groups in total. The van der Waals surface area contributed by atoms with Gasteiger partial charge < -0.3 is 10.0 Å². The molecule has 8 rings (SSSR count). The zero-order valence-corrected chi connectivity index (χ0v) is 35.0. The van der Waals surface area contributed by atoms with Crippen LogP contribution in [0.15, 0.2) is 109 Å². The summed E-state index contributed by atoms with van der Waals surface area (Å²) in [6.07, 6.45) is 4.26. The molecule has 2 aromatic heterocycles. The number of nitrogens with zero attached hydrogens (tertiary/aromatic N) is 3. The van der Waals surface area contributed by atoms with E-state index in [1.165, 1.54) is 43.8 Å². The summed E-state index contributed by atoms with van der Waals surface area (Å²) in [7, 11) is 0. The monoisotopic (exact) mass is 891 g/mol. The van der Waals surface area contributed by atoms with E-state index in [1.54, 1.807) is 0 Å². The summed E-state index contributed by atoms with van der Waals surface area (Å²) < 4.78 is 0. The maximum Gasteiger partial charge on any atom is 0.164 e. The van der Waals surface area contributed by atoms with Gasteiger partial charge in [-0.15, -0.1) is 17.5 Å². The van der Waals surface area contributed by atoms with Gasteiger partial charge in [0.05, 0.1) is 0 Å². The second-order valence-corrected chi connectivity index (χ2v) is 16.7. The first-order valence-corrected chi connectivity index (χ1v) is 18.5. The van der Waals surface area contributed by atoms with Crippen molar-refractivity contribution in [3.8, 4) is 11.3 Å². The van der Waals surface area contributed by atoms with Crippen LogP contribution in [0.25, 0.3) is 54.3 Å². The normalized spacial score (nSPS) is 12.9. The molecule has 0 saturated carbocycles. The summed E-state index contributed by atoms with van der Waals surface area (Å²) in [5.41, 5.74) is 6.90. The molecular formula is C48H48IrN3O2-. The van der Waals surface area contributed by atoms with Crippen molar-refractivity contribution in [2.45, 2.75) is 68.7 Å². The first-order valence-electron chi connectivity index (χ1n) is 18.5. The molecular weight excluding hydrogens is 843 g/mol. The fourth-order valence-electron chi connectivity index (χ4n) is 7.07. The van der Waals surface area contributed by atoms with Crippen molar-refractivity contribution < 1.29 is 30.0 Å². The molecule has 5 aromatic carbocycles. The standard InChI is InChI=1S/C37H28N3.C11H20O2.Ir/c1-22(2)17-26-20-31-28(23(3)39-26)13-14-29-30-15-16-38-37-33-18-24-9-7-8-10-25(24)19-34(33)40(27-11-5-4-6-12-27)35(36(30)37)21-32(29)31;1-10(2,3)8(12)7-9(13)11(4,5)6;/h4-16,19-22H,17H2,1-3H3;7,12H,1-6H3;/q-1;;/b;8-7-;. The van der Waals surface area contributed by atoms with Gasteiger partial charge in [-0.1, -0.05) is 121 Å². The average molecular weight is 891 g/mol. The fraction of sp³-hybridized carbons (Fsp3) is 0.271. The van der Waals surface area contributed by atoms with Crippen LogP contribution in [-0.4, -0.2) is 20.9 Å². The van der Waals surface area contributed by atoms with Gasteiger partial charge in [-0.2, -0.15) is 0 Å². The molecule has 5 nitrogen and oxygen atoms in total. The van der Waals surface area contributed by atoms with Gasteiger partial charge in [0.25, 0.3) is 0 Å². The molecule has 0 spiro atoms. The summed E-state index contributed by atoms with van der Waals surface area (Å²) in [5.74, 6) is 0.651. The SMILES string of the molecule is CC(C)(C)C(=O)/C=C(\O)C(C)(C)C.Cc1nc(CC(C)C)cc2c1ccc1c3ccnc4c3c(cc21)N(c1ccccc1)c1cc2ccccc2[c-]c1-4.[Ir]. The van der Waals surface area contributed by atoms with E-state index in [1.807, 2.05) is 47.7 Å². The first-order chi connectivity index (χ1) is 25.1. The third-order valence-electron chi connectivity index (χ3n) is 9.97. The molecule has 3 heterocycles. The number of carbonyl (C=O) groups excluding carboxylic acids is 1. The van der Waals surface area contributed by atoms with Crippen molar-refractivity contribution in [1.82, 2.24) is 9.97 Å². The number of aliphatic hydroxyl groups excluding tert-OH is 1. The number of hydrogen-bond acceptors (Lipinski definition) is 5. The van der Waals surface area contributed by atoms with Crippen LogP contribution >= 0.6 is 0 Å². The number of fused-ring (bicyclic) bond motifs is 7. The molecule has 54 heavy (non-hydrogen) atoms. The van der Waals surface area contributed by atoms with E-state index >= 15 is 0 Å². The van der Waals surface area contributed by atoms with E-state index in [4.69, 9.17) is 9.97 Å². The van der Waals surface area contributed by atoms with Crippen LogP contribution in [0.2, 0.25) is 0 Å². The number of hydrogen-bond donors (Lipinski definition) is 1. The van der Waals surface area contributed by atoms with Gasteiger partial charge in [-0.05, 0) is 82.2 Å². The molecule has 0 aliphatic carbocycles. The van der Waals surface area contributed by atoms with Crippen molar-refractivity contribution in [1.29, 1.82) is 0 Å². The zero-order chi connectivity index (χ0) is 37.8. The van der Waals surface area contributed by atoms with Crippen LogP contribution in [0.5, 0.6) is 0 Å². The molecule has 1 radical (unpaired) electrons. The van der Waals surface area contributed by atoms with Crippen LogP contribution in [0.1, 0.15) is 66.8 Å². The maximum absolute atomic E-state index is 11.5. The number of aliphatic hydroxyl groups is 1. The molecule has 0 atom stereocenters. The Hall–Kier alpha value is -4.90. The van der Waals surface area contributed by atoms with Crippen LogP contribution in [0.3, 0.4) is 0 Å². The number of ketones is 1. The summed E-state index contributed by atoms with van der Waals surface area (Å²) >= 11 is 0. The molecule has 1 aliphatic heterocycles. The number of allylic oxidation sites excluding steroid dienone is 2. The molecule has 277 valence electrons. The third-order valence-corrected chi connectivity index (χ3v) is 9.97. The molecule has 0 fully saturated rings. The van der Waals surface area contributed by atoms with Crippen LogP contribution in [0, 0.1) is 29.7 Å². The van der Waals surface area contributed by atoms with E-state index in [0.29, 0.717) is 5.92 Å². The summed E-state index contributed by atoms with van der Waals surface area (Å²) in [6.45, 7) is 17.8. The first kappa shape index (κ1) is 38.8. The Bertz CT molecular complexity index is 2580. The number of benzene rings is 5. The smallest absolute Gasteiger partial charge is 0.164 e. The predicted octanol–water partition coefficient (Wildman–Crippen LogP) is 12.9. The van der Waals surface area contributed by atoms with Crippen LogP contribution in [0.4, 0.5) is 17.1 Å². The molecule has 0 saturated heterocycles. The average Bonchev–Trinajstić information content (AvgIpc) is 3.10. The van der Waals surface area contributed by atoms with Gasteiger partial charge in [0, 0.05) is 77.1 Å². The van der Waals surface area contributed by atoms with E-state index < -0.39 is 5.41 Å². The Kier molecular flexibility index (Phi) is 10.6. The number of rotatable bonds is 4. The Morgan fingerprint density at radius 3 is 2.15 bits per heavy atom. The Morgan fingerprint density at radius 2 is 1.46 bits per heavy atom. The van der Waals surface area contributed by atoms with E-state index in [0.717, 1.165) is 51.5 Å². The fourth-order valence-corrected chi connectivity index (χ4v) is 7.07. The van der Waals surface area contributed by atoms with Gasteiger partial charge in [0.2, 0.25) is 0 Å². The summed E-state index contributed by atoms with van der Waals surface area (Å²) in [6, 6.07) is 36.6. The quantitative estimate of drug-likeness (QED) is 0.0825. The van der Waals surface area contributed by atoms with Crippen molar-refractivity contribution in [3.63, 3.8) is 0 Å². The minimum Gasteiger partial charge on any atom is -0.512 e. The molecule has 7 aromatic rings. The molecule has 6 heteroatoms. The van der Waals surface area contributed by atoms with Crippen molar-refractivity contribution in [2.75, 3.05) is 4.90 Å². The third kappa shape index (κ3) is 7.30. The molecule has 1 aliphatic rings. The minimum atomic E-state index is -0.417. The van der Waals surface area contributed by atoms with E-state index in [2.05, 4.69) is 123 Å². The second kappa shape index (κ2) is 14.7. The summed E-state index contributed by atoms with van der Waals surface area (Å²) in [4.78, 5) is 23.8. The van der Waals surface area contributed by atoms with Gasteiger partial charge in [0.15, 0.2) is 5.78 Å². The van der Waals surface area contributed by atoms with Crippen LogP contribution in [-0.2, 0) is 31.3 Å². The van der Waals surface area contributed by atoms with Crippen molar-refractivity contribution >= 4 is 65.9 Å². The Morgan fingerprint density at radius 1 is 0.796 bits per heavy atom. The molecule has 0 bridgehead atoms. The maximum atomic E-state index is 11.5. The summed E-state index contributed by atoms with van der Waals surface area (Å²) in [5, 5.41) is 19.2. The second-order valence-electron chi connectivity index (χ2n) is 16.7. The minimum absolute atomic E-state index is 0. The molecule has 0 amide bonds. The number of pyridine rings is 2. The Labute approximate surface area is 332 Å². The molecule has 0 unspecified atom stereocenters. The number of aromatic nitrogens is 2. The van der Waals surface area contributed by atoms with Crippen molar-refractivity contribution in [3.05, 3.63) is 126 Å². The zero-order valence-electron chi connectivity index (χ0n) is 32.6. The van der Waals surface area contributed by atoms with Gasteiger partial charge in [-0.3, -0.25) is 14.8 Å². The number of anilines is 3. The largest absolute Gasteiger partial charge is 0.512 e. The van der Waals surface area contributed by atoms with Gasteiger partial charge in [-0.25, -0.2) is 0 Å². The predicted molar refractivity (Wildman–Crippen MR) is 222 cm³/mol. The van der Waals surface area contributed by atoms with Gasteiger partial charge >= 0.3 is 0 Å². The number of aryl methyl sites for hydroxylation is 1. The van der Waals surface area contributed by atoms with E-state index in [9.17, 15) is 9.90 Å². The Balaban J connectivity index is 0.000000308. The van der Waals surface area contributed by atoms with Crippen LogP contribution < -0.4 is 4.90 Å². The van der Waals surface area contributed by atoms with Crippen molar-refractivity contribution in [2.24, 2.45) is 16.7 Å². The van der Waals surface area contributed by atoms with E-state index in [-0.39, 0.29) is 37.1 Å². The number of para-hydroxylation sites is 1. The topological polar surface area (TPSA) is 66.3 Å².